The van der Waals surface area contributed by atoms with E-state index in [1.165, 1.54) is 0 Å². The molecule has 5 nitrogen and oxygen atoms in total. The van der Waals surface area contributed by atoms with Gasteiger partial charge in [-0.15, -0.1) is 0 Å². The zero-order valence-corrected chi connectivity index (χ0v) is 12.1. The minimum atomic E-state index is 0.371. The van der Waals surface area contributed by atoms with E-state index in [0.29, 0.717) is 6.04 Å². The van der Waals surface area contributed by atoms with Crippen molar-refractivity contribution in [3.63, 3.8) is 0 Å². The van der Waals surface area contributed by atoms with Crippen molar-refractivity contribution in [2.24, 2.45) is 0 Å². The lowest BCUT2D eigenvalue weighted by Gasteiger charge is -2.33. The number of nitrogens with zero attached hydrogens (tertiary/aromatic N) is 2. The van der Waals surface area contributed by atoms with Crippen molar-refractivity contribution in [3.8, 4) is 5.75 Å². The molecule has 5 heteroatoms. The number of ether oxygens (including phenoxy) is 1. The molecule has 1 unspecified atom stereocenters. The van der Waals surface area contributed by atoms with Crippen molar-refractivity contribution >= 4 is 11.0 Å². The minimum Gasteiger partial charge on any atom is -0.497 e. The Balaban J connectivity index is 1.90. The van der Waals surface area contributed by atoms with E-state index in [4.69, 9.17) is 9.72 Å². The standard InChI is InChI=1S/C15H22N4O/c1-3-14(19-8-6-16-7-9-19)15-17-12-5-4-11(20-2)10-13(12)18-15/h4-5,10,14,16H,3,6-9H2,1-2H3,(H,17,18). The topological polar surface area (TPSA) is 53.2 Å². The van der Waals surface area contributed by atoms with E-state index >= 15 is 0 Å². The summed E-state index contributed by atoms with van der Waals surface area (Å²) in [6.45, 7) is 6.51. The van der Waals surface area contributed by atoms with Crippen molar-refractivity contribution in [3.05, 3.63) is 24.0 Å². The lowest BCUT2D eigenvalue weighted by atomic mass is 10.1. The van der Waals surface area contributed by atoms with Gasteiger partial charge in [0.2, 0.25) is 0 Å². The van der Waals surface area contributed by atoms with Crippen molar-refractivity contribution in [2.45, 2.75) is 19.4 Å². The molecule has 0 radical (unpaired) electrons. The largest absolute Gasteiger partial charge is 0.497 e. The highest BCUT2D eigenvalue weighted by Crippen LogP contribution is 2.26. The van der Waals surface area contributed by atoms with E-state index in [-0.39, 0.29) is 0 Å². The number of benzene rings is 1. The van der Waals surface area contributed by atoms with Crippen LogP contribution in [0.25, 0.3) is 11.0 Å². The van der Waals surface area contributed by atoms with Gasteiger partial charge in [0, 0.05) is 32.2 Å². The quantitative estimate of drug-likeness (QED) is 0.894. The summed E-state index contributed by atoms with van der Waals surface area (Å²) in [6.07, 6.45) is 1.07. The molecule has 3 rings (SSSR count). The second kappa shape index (κ2) is 5.81. The number of rotatable bonds is 4. The van der Waals surface area contributed by atoms with E-state index in [0.717, 1.165) is 55.2 Å². The van der Waals surface area contributed by atoms with Crippen LogP contribution >= 0.6 is 0 Å². The van der Waals surface area contributed by atoms with E-state index in [2.05, 4.69) is 22.1 Å². The van der Waals surface area contributed by atoms with E-state index in [1.807, 2.05) is 18.2 Å². The second-order valence-electron chi connectivity index (χ2n) is 5.22. The number of fused-ring (bicyclic) bond motifs is 1. The molecule has 1 atom stereocenters. The predicted molar refractivity (Wildman–Crippen MR) is 80.1 cm³/mol. The van der Waals surface area contributed by atoms with Crippen LogP contribution in [0.5, 0.6) is 5.75 Å². The monoisotopic (exact) mass is 274 g/mol. The van der Waals surface area contributed by atoms with Gasteiger partial charge in [-0.2, -0.15) is 0 Å². The zero-order chi connectivity index (χ0) is 13.9. The van der Waals surface area contributed by atoms with Crippen LogP contribution in [0.15, 0.2) is 18.2 Å². The average molecular weight is 274 g/mol. The first kappa shape index (κ1) is 13.4. The Morgan fingerprint density at radius 1 is 1.35 bits per heavy atom. The zero-order valence-electron chi connectivity index (χ0n) is 12.1. The fourth-order valence-corrected chi connectivity index (χ4v) is 2.91. The third-order valence-electron chi connectivity index (χ3n) is 4.00. The fourth-order valence-electron chi connectivity index (χ4n) is 2.91. The van der Waals surface area contributed by atoms with Gasteiger partial charge in [0.05, 0.1) is 24.2 Å². The first-order valence-electron chi connectivity index (χ1n) is 7.30. The van der Waals surface area contributed by atoms with Gasteiger partial charge >= 0.3 is 0 Å². The third kappa shape index (κ3) is 2.51. The Hall–Kier alpha value is -1.59. The SMILES string of the molecule is CCC(c1nc2ccc(OC)cc2[nH]1)N1CCNCC1. The highest BCUT2D eigenvalue weighted by molar-refractivity contribution is 5.76. The number of aromatic nitrogens is 2. The Bertz CT molecular complexity index is 574. The molecule has 1 aromatic heterocycles. The normalized spacial score (nSPS) is 18.3. The first-order valence-corrected chi connectivity index (χ1v) is 7.30. The molecule has 1 aromatic carbocycles. The van der Waals surface area contributed by atoms with E-state index < -0.39 is 0 Å². The summed E-state index contributed by atoms with van der Waals surface area (Å²) >= 11 is 0. The molecule has 0 amide bonds. The van der Waals surface area contributed by atoms with Gasteiger partial charge in [0.25, 0.3) is 0 Å². The highest BCUT2D eigenvalue weighted by Gasteiger charge is 2.23. The maximum atomic E-state index is 5.27. The van der Waals surface area contributed by atoms with Crippen molar-refractivity contribution in [2.75, 3.05) is 33.3 Å². The van der Waals surface area contributed by atoms with Gasteiger partial charge in [-0.25, -0.2) is 4.98 Å². The summed E-state index contributed by atoms with van der Waals surface area (Å²) in [6, 6.07) is 6.35. The number of nitrogens with one attached hydrogen (secondary N) is 2. The second-order valence-corrected chi connectivity index (χ2v) is 5.22. The Labute approximate surface area is 119 Å². The molecule has 1 aliphatic rings. The van der Waals surface area contributed by atoms with E-state index in [1.54, 1.807) is 7.11 Å². The first-order chi connectivity index (χ1) is 9.81. The van der Waals surface area contributed by atoms with Gasteiger partial charge in [0.1, 0.15) is 11.6 Å². The molecule has 20 heavy (non-hydrogen) atoms. The van der Waals surface area contributed by atoms with Gasteiger partial charge in [-0.3, -0.25) is 4.90 Å². The average Bonchev–Trinajstić information content (AvgIpc) is 2.91. The van der Waals surface area contributed by atoms with Crippen LogP contribution in [0.2, 0.25) is 0 Å². The van der Waals surface area contributed by atoms with Crippen molar-refractivity contribution in [1.29, 1.82) is 0 Å². The number of H-pyrrole nitrogens is 1. The Morgan fingerprint density at radius 3 is 2.85 bits per heavy atom. The molecule has 2 heterocycles. The van der Waals surface area contributed by atoms with Crippen molar-refractivity contribution < 1.29 is 4.74 Å². The van der Waals surface area contributed by atoms with Gasteiger partial charge in [-0.05, 0) is 18.6 Å². The van der Waals surface area contributed by atoms with Gasteiger partial charge < -0.3 is 15.0 Å². The van der Waals surface area contributed by atoms with Crippen LogP contribution in [-0.4, -0.2) is 48.2 Å². The number of piperazine rings is 1. The molecule has 0 aliphatic carbocycles. The Morgan fingerprint density at radius 2 is 2.15 bits per heavy atom. The number of hydrogen-bond donors (Lipinski definition) is 2. The summed E-state index contributed by atoms with van der Waals surface area (Å²) in [5.41, 5.74) is 2.06. The summed E-state index contributed by atoms with van der Waals surface area (Å²) in [5, 5.41) is 3.40. The number of methoxy groups -OCH3 is 1. The van der Waals surface area contributed by atoms with E-state index in [9.17, 15) is 0 Å². The molecular formula is C15H22N4O. The van der Waals surface area contributed by atoms with Crippen LogP contribution in [0.1, 0.15) is 25.2 Å². The third-order valence-corrected chi connectivity index (χ3v) is 4.00. The predicted octanol–water partition coefficient (Wildman–Crippen LogP) is 1.93. The molecule has 108 valence electrons. The van der Waals surface area contributed by atoms with Gasteiger partial charge in [-0.1, -0.05) is 6.92 Å². The molecule has 1 saturated heterocycles. The molecule has 2 N–H and O–H groups in total. The molecule has 1 fully saturated rings. The highest BCUT2D eigenvalue weighted by atomic mass is 16.5. The van der Waals surface area contributed by atoms with Crippen LogP contribution in [0.4, 0.5) is 0 Å². The smallest absolute Gasteiger partial charge is 0.124 e. The maximum Gasteiger partial charge on any atom is 0.124 e. The molecular weight excluding hydrogens is 252 g/mol. The van der Waals surface area contributed by atoms with Crippen LogP contribution in [0, 0.1) is 0 Å². The molecule has 2 aromatic rings. The summed E-state index contributed by atoms with van der Waals surface area (Å²) in [7, 11) is 1.69. The number of aromatic amines is 1. The maximum absolute atomic E-state index is 5.27. The Kier molecular flexibility index (Phi) is 3.89. The van der Waals surface area contributed by atoms with Crippen LogP contribution in [0.3, 0.4) is 0 Å². The molecule has 1 aliphatic heterocycles. The van der Waals surface area contributed by atoms with Crippen molar-refractivity contribution in [1.82, 2.24) is 20.2 Å². The summed E-state index contributed by atoms with van der Waals surface area (Å²) in [4.78, 5) is 10.7. The lowest BCUT2D eigenvalue weighted by Crippen LogP contribution is -2.45. The van der Waals surface area contributed by atoms with Crippen LogP contribution in [-0.2, 0) is 0 Å². The summed E-state index contributed by atoms with van der Waals surface area (Å²) in [5.74, 6) is 1.93. The molecule has 0 bridgehead atoms. The molecule has 0 saturated carbocycles. The number of imidazole rings is 1. The summed E-state index contributed by atoms with van der Waals surface area (Å²) < 4.78 is 5.27. The molecule has 0 spiro atoms. The minimum absolute atomic E-state index is 0.371. The number of hydrogen-bond acceptors (Lipinski definition) is 4. The fraction of sp³-hybridized carbons (Fsp3) is 0.533. The lowest BCUT2D eigenvalue weighted by molar-refractivity contribution is 0.164. The van der Waals surface area contributed by atoms with Crippen LogP contribution < -0.4 is 10.1 Å². The van der Waals surface area contributed by atoms with Gasteiger partial charge in [0.15, 0.2) is 0 Å².